The van der Waals surface area contributed by atoms with Crippen LogP contribution >= 0.6 is 23.2 Å². The molecule has 2 aromatic carbocycles. The molecule has 0 N–H and O–H groups in total. The van der Waals surface area contributed by atoms with Crippen LogP contribution < -0.4 is 0 Å². The van der Waals surface area contributed by atoms with E-state index in [0.29, 0.717) is 11.1 Å². The van der Waals surface area contributed by atoms with Gasteiger partial charge in [-0.05, 0) is 24.3 Å². The third-order valence-corrected chi connectivity index (χ3v) is 3.07. The zero-order chi connectivity index (χ0) is 14.2. The predicted octanol–water partition coefficient (Wildman–Crippen LogP) is 5.82. The maximum absolute atomic E-state index is 13.8. The van der Waals surface area contributed by atoms with Gasteiger partial charge in [0.2, 0.25) is 0 Å². The van der Waals surface area contributed by atoms with Gasteiger partial charge in [0.25, 0.3) is 0 Å². The summed E-state index contributed by atoms with van der Waals surface area (Å²) in [6.45, 7) is 0. The first-order valence-electron chi connectivity index (χ1n) is 5.11. The van der Waals surface area contributed by atoms with E-state index in [1.54, 1.807) is 0 Å². The third-order valence-electron chi connectivity index (χ3n) is 2.52. The molecule has 2 rings (SSSR count). The highest BCUT2D eigenvalue weighted by Crippen LogP contribution is 2.35. The second kappa shape index (κ2) is 5.02. The van der Waals surface area contributed by atoms with Crippen LogP contribution in [0.2, 0.25) is 10.0 Å². The van der Waals surface area contributed by atoms with Gasteiger partial charge in [-0.15, -0.1) is 0 Å². The largest absolute Gasteiger partial charge is 0.416 e. The van der Waals surface area contributed by atoms with Gasteiger partial charge < -0.3 is 0 Å². The minimum Gasteiger partial charge on any atom is -0.206 e. The van der Waals surface area contributed by atoms with Gasteiger partial charge in [-0.1, -0.05) is 35.3 Å². The molecule has 0 spiro atoms. The molecule has 0 saturated heterocycles. The maximum atomic E-state index is 13.8. The molecule has 2 aromatic rings. The fraction of sp³-hybridized carbons (Fsp3) is 0.0769. The highest BCUT2D eigenvalue weighted by atomic mass is 35.5. The van der Waals surface area contributed by atoms with Crippen LogP contribution in [0.4, 0.5) is 17.6 Å². The molecule has 0 amide bonds. The molecule has 0 unspecified atom stereocenters. The Kier molecular flexibility index (Phi) is 3.74. The van der Waals surface area contributed by atoms with Gasteiger partial charge in [-0.2, -0.15) is 13.2 Å². The second-order valence-corrected chi connectivity index (χ2v) is 4.66. The highest BCUT2D eigenvalue weighted by molar-refractivity contribution is 6.36. The normalized spacial score (nSPS) is 11.7. The van der Waals surface area contributed by atoms with Crippen molar-refractivity contribution in [2.75, 3.05) is 0 Å². The lowest BCUT2D eigenvalue weighted by atomic mass is 10.0. The molecule has 0 aliphatic heterocycles. The molecule has 0 heterocycles. The summed E-state index contributed by atoms with van der Waals surface area (Å²) in [5, 5.41) is 0.534. The standard InChI is InChI=1S/C13H6Cl2F4/c14-8-2-4-9(11(15)6-8)10-3-1-7(5-12(10)16)13(17,18)19/h1-6H. The van der Waals surface area contributed by atoms with Crippen molar-refractivity contribution in [2.45, 2.75) is 6.18 Å². The van der Waals surface area contributed by atoms with Gasteiger partial charge in [0.05, 0.1) is 5.56 Å². The fourth-order valence-corrected chi connectivity index (χ4v) is 2.13. The number of halogens is 6. The summed E-state index contributed by atoms with van der Waals surface area (Å²) in [7, 11) is 0. The monoisotopic (exact) mass is 308 g/mol. The van der Waals surface area contributed by atoms with Crippen molar-refractivity contribution in [3.8, 4) is 11.1 Å². The number of benzene rings is 2. The maximum Gasteiger partial charge on any atom is 0.416 e. The Morgan fingerprint density at radius 1 is 0.842 bits per heavy atom. The molecule has 0 nitrogen and oxygen atoms in total. The van der Waals surface area contributed by atoms with Gasteiger partial charge >= 0.3 is 6.18 Å². The lowest BCUT2D eigenvalue weighted by Crippen LogP contribution is -2.05. The zero-order valence-electron chi connectivity index (χ0n) is 9.23. The van der Waals surface area contributed by atoms with E-state index in [9.17, 15) is 17.6 Å². The minimum absolute atomic E-state index is 0.00494. The van der Waals surface area contributed by atoms with Crippen molar-refractivity contribution >= 4 is 23.2 Å². The summed E-state index contributed by atoms with van der Waals surface area (Å²) in [6.07, 6.45) is -4.58. The number of rotatable bonds is 1. The molecule has 0 atom stereocenters. The van der Waals surface area contributed by atoms with Crippen LogP contribution in [-0.2, 0) is 6.18 Å². The first-order chi connectivity index (χ1) is 8.79. The summed E-state index contributed by atoms with van der Waals surface area (Å²) >= 11 is 11.6. The topological polar surface area (TPSA) is 0 Å². The van der Waals surface area contributed by atoms with Crippen molar-refractivity contribution < 1.29 is 17.6 Å². The van der Waals surface area contributed by atoms with E-state index in [-0.39, 0.29) is 16.1 Å². The first-order valence-corrected chi connectivity index (χ1v) is 5.87. The number of alkyl halides is 3. The molecule has 0 aliphatic rings. The van der Waals surface area contributed by atoms with Gasteiger partial charge in [0.1, 0.15) is 5.82 Å². The summed E-state index contributed by atoms with van der Waals surface area (Å²) in [6, 6.07) is 6.64. The van der Waals surface area contributed by atoms with Crippen LogP contribution in [0.3, 0.4) is 0 Å². The van der Waals surface area contributed by atoms with Crippen LogP contribution in [0.5, 0.6) is 0 Å². The lowest BCUT2D eigenvalue weighted by Gasteiger charge is -2.10. The fourth-order valence-electron chi connectivity index (χ4n) is 1.62. The van der Waals surface area contributed by atoms with Crippen LogP contribution in [0.25, 0.3) is 11.1 Å². The Morgan fingerprint density at radius 3 is 2.00 bits per heavy atom. The minimum atomic E-state index is -4.58. The molecule has 19 heavy (non-hydrogen) atoms. The zero-order valence-corrected chi connectivity index (χ0v) is 10.7. The van der Waals surface area contributed by atoms with Crippen molar-refractivity contribution in [3.63, 3.8) is 0 Å². The van der Waals surface area contributed by atoms with E-state index in [1.807, 2.05) is 0 Å². The Balaban J connectivity index is 2.52. The molecular formula is C13H6Cl2F4. The smallest absolute Gasteiger partial charge is 0.206 e. The van der Waals surface area contributed by atoms with E-state index in [0.717, 1.165) is 12.1 Å². The van der Waals surface area contributed by atoms with Crippen LogP contribution in [0.15, 0.2) is 36.4 Å². The molecule has 0 saturated carbocycles. The Hall–Kier alpha value is -1.26. The van der Waals surface area contributed by atoms with Gasteiger partial charge in [0.15, 0.2) is 0 Å². The van der Waals surface area contributed by atoms with E-state index in [1.165, 1.54) is 18.2 Å². The molecule has 100 valence electrons. The van der Waals surface area contributed by atoms with Crippen molar-refractivity contribution in [1.29, 1.82) is 0 Å². The predicted molar refractivity (Wildman–Crippen MR) is 66.9 cm³/mol. The SMILES string of the molecule is Fc1cc(C(F)(F)F)ccc1-c1ccc(Cl)cc1Cl. The van der Waals surface area contributed by atoms with E-state index in [2.05, 4.69) is 0 Å². The van der Waals surface area contributed by atoms with Crippen molar-refractivity contribution in [1.82, 2.24) is 0 Å². The van der Waals surface area contributed by atoms with Crippen LogP contribution in [0, 0.1) is 5.82 Å². The van der Waals surface area contributed by atoms with E-state index < -0.39 is 17.6 Å². The third kappa shape index (κ3) is 3.01. The molecule has 0 aliphatic carbocycles. The summed E-state index contributed by atoms with van der Waals surface area (Å²) in [5.41, 5.74) is -0.759. The Morgan fingerprint density at radius 2 is 1.47 bits per heavy atom. The molecule has 0 bridgehead atoms. The molecular weight excluding hydrogens is 303 g/mol. The summed E-state index contributed by atoms with van der Waals surface area (Å²) in [4.78, 5) is 0. The first kappa shape index (κ1) is 14.2. The number of hydrogen-bond acceptors (Lipinski definition) is 0. The quantitative estimate of drug-likeness (QED) is 0.582. The second-order valence-electron chi connectivity index (χ2n) is 3.82. The van der Waals surface area contributed by atoms with E-state index >= 15 is 0 Å². The summed E-state index contributed by atoms with van der Waals surface area (Å²) < 4.78 is 51.0. The van der Waals surface area contributed by atoms with Gasteiger partial charge in [-0.3, -0.25) is 0 Å². The Labute approximate surface area is 116 Å². The van der Waals surface area contributed by atoms with Crippen molar-refractivity contribution in [3.05, 3.63) is 57.8 Å². The lowest BCUT2D eigenvalue weighted by molar-refractivity contribution is -0.137. The van der Waals surface area contributed by atoms with Crippen LogP contribution in [-0.4, -0.2) is 0 Å². The Bertz CT molecular complexity index is 621. The van der Waals surface area contributed by atoms with Gasteiger partial charge in [0, 0.05) is 21.2 Å². The van der Waals surface area contributed by atoms with Gasteiger partial charge in [-0.25, -0.2) is 4.39 Å². The highest BCUT2D eigenvalue weighted by Gasteiger charge is 2.31. The van der Waals surface area contributed by atoms with Crippen molar-refractivity contribution in [2.24, 2.45) is 0 Å². The number of hydrogen-bond donors (Lipinski definition) is 0. The molecule has 0 radical (unpaired) electrons. The van der Waals surface area contributed by atoms with Crippen LogP contribution in [0.1, 0.15) is 5.56 Å². The average Bonchev–Trinajstić information content (AvgIpc) is 2.28. The average molecular weight is 309 g/mol. The molecule has 0 aromatic heterocycles. The van der Waals surface area contributed by atoms with E-state index in [4.69, 9.17) is 23.2 Å². The molecule has 0 fully saturated rings. The summed E-state index contributed by atoms with van der Waals surface area (Å²) in [5.74, 6) is -0.987. The molecule has 6 heteroatoms.